The summed E-state index contributed by atoms with van der Waals surface area (Å²) < 4.78 is 19.2. The molecular formula is C17H20FNO. The molecule has 20 heavy (non-hydrogen) atoms. The van der Waals surface area contributed by atoms with Crippen LogP contribution in [0.4, 0.5) is 4.39 Å². The largest absolute Gasteiger partial charge is 0.490 e. The van der Waals surface area contributed by atoms with E-state index in [9.17, 15) is 4.39 Å². The second-order valence-corrected chi connectivity index (χ2v) is 5.43. The van der Waals surface area contributed by atoms with Crippen molar-refractivity contribution < 1.29 is 9.13 Å². The molecule has 0 bridgehead atoms. The van der Waals surface area contributed by atoms with Crippen molar-refractivity contribution in [3.05, 3.63) is 48.0 Å². The summed E-state index contributed by atoms with van der Waals surface area (Å²) in [5.74, 6) is 0.785. The highest BCUT2D eigenvalue weighted by atomic mass is 19.1. The predicted octanol–water partition coefficient (Wildman–Crippen LogP) is 4.80. The first kappa shape index (κ1) is 14.5. The molecule has 3 heteroatoms. The Morgan fingerprint density at radius 3 is 2.35 bits per heavy atom. The van der Waals surface area contributed by atoms with Gasteiger partial charge in [0.2, 0.25) is 0 Å². The first-order chi connectivity index (χ1) is 9.47. The van der Waals surface area contributed by atoms with E-state index in [2.05, 4.69) is 18.8 Å². The zero-order chi connectivity index (χ0) is 14.7. The number of halogens is 1. The molecule has 0 aliphatic rings. The molecule has 2 aromatic rings. The minimum Gasteiger partial charge on any atom is -0.490 e. The van der Waals surface area contributed by atoms with Gasteiger partial charge in [-0.25, -0.2) is 4.39 Å². The van der Waals surface area contributed by atoms with Crippen molar-refractivity contribution in [1.29, 1.82) is 0 Å². The summed E-state index contributed by atoms with van der Waals surface area (Å²) in [6.07, 6.45) is 1.82. The fraction of sp³-hybridized carbons (Fsp3) is 0.353. The van der Waals surface area contributed by atoms with Gasteiger partial charge in [0, 0.05) is 23.0 Å². The molecular weight excluding hydrogens is 253 g/mol. The van der Waals surface area contributed by atoms with Crippen LogP contribution in [0.25, 0.3) is 11.1 Å². The molecule has 2 rings (SSSR count). The molecule has 0 amide bonds. The van der Waals surface area contributed by atoms with E-state index in [4.69, 9.17) is 4.74 Å². The molecule has 0 unspecified atom stereocenters. The summed E-state index contributed by atoms with van der Waals surface area (Å²) in [6, 6.07) is 8.51. The van der Waals surface area contributed by atoms with Crippen molar-refractivity contribution in [2.45, 2.75) is 39.7 Å². The molecule has 0 N–H and O–H groups in total. The number of pyridine rings is 1. The molecule has 0 fully saturated rings. The van der Waals surface area contributed by atoms with Gasteiger partial charge in [-0.1, -0.05) is 19.9 Å². The average Bonchev–Trinajstić information content (AvgIpc) is 2.40. The van der Waals surface area contributed by atoms with E-state index in [1.807, 2.05) is 26.0 Å². The van der Waals surface area contributed by atoms with Crippen LogP contribution in [0.1, 0.15) is 39.3 Å². The minimum atomic E-state index is -0.274. The van der Waals surface area contributed by atoms with Crippen LogP contribution >= 0.6 is 0 Å². The fourth-order valence-electron chi connectivity index (χ4n) is 1.99. The molecule has 0 aliphatic heterocycles. The van der Waals surface area contributed by atoms with Crippen molar-refractivity contribution >= 4 is 0 Å². The molecule has 0 spiro atoms. The molecule has 0 saturated carbocycles. The highest BCUT2D eigenvalue weighted by Crippen LogP contribution is 2.31. The van der Waals surface area contributed by atoms with Gasteiger partial charge in [-0.15, -0.1) is 0 Å². The fourth-order valence-corrected chi connectivity index (χ4v) is 1.99. The Bertz CT molecular complexity index is 576. The Balaban J connectivity index is 2.42. The van der Waals surface area contributed by atoms with E-state index in [1.165, 1.54) is 12.1 Å². The Labute approximate surface area is 119 Å². The molecule has 1 aromatic heterocycles. The topological polar surface area (TPSA) is 22.1 Å². The molecule has 0 saturated heterocycles. The number of hydrogen-bond acceptors (Lipinski definition) is 2. The SMILES string of the molecule is CC(C)Oc1ccc(F)cc1-c1ccc(C(C)C)nc1. The summed E-state index contributed by atoms with van der Waals surface area (Å²) in [5, 5.41) is 0. The van der Waals surface area contributed by atoms with Gasteiger partial charge in [0.15, 0.2) is 0 Å². The molecule has 2 nitrogen and oxygen atoms in total. The highest BCUT2D eigenvalue weighted by Gasteiger charge is 2.10. The second-order valence-electron chi connectivity index (χ2n) is 5.43. The lowest BCUT2D eigenvalue weighted by atomic mass is 10.0. The third-order valence-electron chi connectivity index (χ3n) is 2.99. The maximum atomic E-state index is 13.5. The summed E-state index contributed by atoms with van der Waals surface area (Å²) in [7, 11) is 0. The van der Waals surface area contributed by atoms with Crippen molar-refractivity contribution in [2.75, 3.05) is 0 Å². The number of aromatic nitrogens is 1. The number of benzene rings is 1. The zero-order valence-corrected chi connectivity index (χ0v) is 12.4. The molecule has 0 radical (unpaired) electrons. The summed E-state index contributed by atoms with van der Waals surface area (Å²) in [6.45, 7) is 8.09. The van der Waals surface area contributed by atoms with Crippen LogP contribution < -0.4 is 4.74 Å². The Morgan fingerprint density at radius 2 is 1.80 bits per heavy atom. The van der Waals surface area contributed by atoms with Crippen LogP contribution in [0.3, 0.4) is 0 Å². The van der Waals surface area contributed by atoms with Gasteiger partial charge in [-0.05, 0) is 44.0 Å². The van der Waals surface area contributed by atoms with Gasteiger partial charge in [-0.2, -0.15) is 0 Å². The van der Waals surface area contributed by atoms with Crippen LogP contribution in [0, 0.1) is 5.82 Å². The van der Waals surface area contributed by atoms with Crippen LogP contribution in [0.2, 0.25) is 0 Å². The third kappa shape index (κ3) is 3.35. The monoisotopic (exact) mass is 273 g/mol. The normalized spacial score (nSPS) is 11.2. The Kier molecular flexibility index (Phi) is 4.38. The molecule has 0 aliphatic carbocycles. The number of ether oxygens (including phenoxy) is 1. The smallest absolute Gasteiger partial charge is 0.127 e. The van der Waals surface area contributed by atoms with E-state index in [1.54, 1.807) is 12.3 Å². The number of hydrogen-bond donors (Lipinski definition) is 0. The standard InChI is InChI=1S/C17H20FNO/c1-11(2)16-7-5-13(10-19-16)15-9-14(18)6-8-17(15)20-12(3)4/h5-12H,1-4H3. The van der Waals surface area contributed by atoms with Gasteiger partial charge in [-0.3, -0.25) is 4.98 Å². The van der Waals surface area contributed by atoms with Crippen LogP contribution in [0.5, 0.6) is 5.75 Å². The first-order valence-corrected chi connectivity index (χ1v) is 6.90. The van der Waals surface area contributed by atoms with E-state index >= 15 is 0 Å². The molecule has 106 valence electrons. The van der Waals surface area contributed by atoms with Gasteiger partial charge >= 0.3 is 0 Å². The minimum absolute atomic E-state index is 0.0436. The number of rotatable bonds is 4. The first-order valence-electron chi connectivity index (χ1n) is 6.90. The van der Waals surface area contributed by atoms with E-state index < -0.39 is 0 Å². The second kappa shape index (κ2) is 6.04. The van der Waals surface area contributed by atoms with E-state index in [0.717, 1.165) is 16.8 Å². The van der Waals surface area contributed by atoms with Crippen molar-refractivity contribution in [2.24, 2.45) is 0 Å². The van der Waals surface area contributed by atoms with Gasteiger partial charge in [0.1, 0.15) is 11.6 Å². The van der Waals surface area contributed by atoms with E-state index in [-0.39, 0.29) is 11.9 Å². The highest BCUT2D eigenvalue weighted by molar-refractivity contribution is 5.69. The lowest BCUT2D eigenvalue weighted by Gasteiger charge is -2.15. The van der Waals surface area contributed by atoms with Gasteiger partial charge in [0.05, 0.1) is 6.10 Å². The van der Waals surface area contributed by atoms with Crippen LogP contribution in [-0.2, 0) is 0 Å². The summed E-state index contributed by atoms with van der Waals surface area (Å²) >= 11 is 0. The quantitative estimate of drug-likeness (QED) is 0.798. The van der Waals surface area contributed by atoms with Gasteiger partial charge < -0.3 is 4.74 Å². The third-order valence-corrected chi connectivity index (χ3v) is 2.99. The van der Waals surface area contributed by atoms with Crippen LogP contribution in [0.15, 0.2) is 36.5 Å². The van der Waals surface area contributed by atoms with E-state index in [0.29, 0.717) is 11.7 Å². The van der Waals surface area contributed by atoms with Crippen molar-refractivity contribution in [3.8, 4) is 16.9 Å². The Hall–Kier alpha value is -1.90. The average molecular weight is 273 g/mol. The maximum absolute atomic E-state index is 13.5. The summed E-state index contributed by atoms with van der Waals surface area (Å²) in [4.78, 5) is 4.43. The molecule has 0 atom stereocenters. The summed E-state index contributed by atoms with van der Waals surface area (Å²) in [5.41, 5.74) is 2.63. The number of nitrogens with zero attached hydrogens (tertiary/aromatic N) is 1. The van der Waals surface area contributed by atoms with Crippen molar-refractivity contribution in [1.82, 2.24) is 4.98 Å². The maximum Gasteiger partial charge on any atom is 0.127 e. The molecule has 1 aromatic carbocycles. The Morgan fingerprint density at radius 1 is 1.05 bits per heavy atom. The predicted molar refractivity (Wildman–Crippen MR) is 79.5 cm³/mol. The van der Waals surface area contributed by atoms with Crippen molar-refractivity contribution in [3.63, 3.8) is 0 Å². The van der Waals surface area contributed by atoms with Gasteiger partial charge in [0.25, 0.3) is 0 Å². The molecule has 1 heterocycles. The lowest BCUT2D eigenvalue weighted by molar-refractivity contribution is 0.243. The zero-order valence-electron chi connectivity index (χ0n) is 12.4. The van der Waals surface area contributed by atoms with Crippen LogP contribution in [-0.4, -0.2) is 11.1 Å². The lowest BCUT2D eigenvalue weighted by Crippen LogP contribution is -2.06.